The summed E-state index contributed by atoms with van der Waals surface area (Å²) in [6.07, 6.45) is 9.54. The molecular weight excluding hydrogens is 438 g/mol. The molecule has 180 valence electrons. The largest absolute Gasteiger partial charge is 0.507 e. The molecular formula is C25H30F2N6O. The minimum atomic E-state index is -2.77. The van der Waals surface area contributed by atoms with Crippen LogP contribution >= 0.6 is 0 Å². The van der Waals surface area contributed by atoms with Crippen molar-refractivity contribution in [2.24, 2.45) is 13.0 Å². The van der Waals surface area contributed by atoms with E-state index >= 15 is 8.78 Å². The molecule has 1 aromatic carbocycles. The number of aromatic nitrogens is 5. The van der Waals surface area contributed by atoms with E-state index in [2.05, 4.69) is 27.2 Å². The summed E-state index contributed by atoms with van der Waals surface area (Å²) in [5.41, 5.74) is 2.14. The van der Waals surface area contributed by atoms with Crippen molar-refractivity contribution >= 4 is 5.82 Å². The van der Waals surface area contributed by atoms with Gasteiger partial charge in [0.25, 0.3) is 5.92 Å². The zero-order chi connectivity index (χ0) is 23.9. The van der Waals surface area contributed by atoms with Gasteiger partial charge in [-0.1, -0.05) is 25.8 Å². The second-order valence-corrected chi connectivity index (χ2v) is 9.59. The molecule has 2 saturated carbocycles. The van der Waals surface area contributed by atoms with E-state index < -0.39 is 12.0 Å². The lowest BCUT2D eigenvalue weighted by atomic mass is 9.93. The van der Waals surface area contributed by atoms with Gasteiger partial charge in [0.05, 0.1) is 24.0 Å². The Labute approximate surface area is 197 Å². The average Bonchev–Trinajstić information content (AvgIpc) is 3.58. The standard InChI is InChI=1S/C25H30F2N6O/c1-3-16-5-4-10-25(26,27)22(11-16)33(19-7-8-19)23-14-28-24(31-30-23)20-9-6-17(12-21(20)34)18-13-29-32(2)15-18/h6,9,12-16,19,22,34H,3-5,7-8,10-11H2,1-2H3/t16-,22-/m1/s1. The number of anilines is 1. The summed E-state index contributed by atoms with van der Waals surface area (Å²) in [5, 5.41) is 23.3. The van der Waals surface area contributed by atoms with Crippen LogP contribution in [0.2, 0.25) is 0 Å². The molecule has 0 radical (unpaired) electrons. The van der Waals surface area contributed by atoms with E-state index in [-0.39, 0.29) is 30.0 Å². The van der Waals surface area contributed by atoms with E-state index in [1.165, 1.54) is 6.20 Å². The Balaban J connectivity index is 1.42. The highest BCUT2D eigenvalue weighted by atomic mass is 19.3. The first-order valence-corrected chi connectivity index (χ1v) is 12.0. The monoisotopic (exact) mass is 468 g/mol. The maximum Gasteiger partial charge on any atom is 0.268 e. The number of phenolic OH excluding ortho intramolecular Hbond substituents is 1. The van der Waals surface area contributed by atoms with Crippen molar-refractivity contribution in [2.75, 3.05) is 4.90 Å². The second-order valence-electron chi connectivity index (χ2n) is 9.59. The third kappa shape index (κ3) is 4.48. The van der Waals surface area contributed by atoms with E-state index in [1.54, 1.807) is 27.9 Å². The van der Waals surface area contributed by atoms with Crippen molar-refractivity contribution in [3.8, 4) is 28.3 Å². The molecule has 0 unspecified atom stereocenters. The van der Waals surface area contributed by atoms with Crippen molar-refractivity contribution in [2.45, 2.75) is 69.9 Å². The van der Waals surface area contributed by atoms with Crippen LogP contribution in [0.1, 0.15) is 51.9 Å². The highest BCUT2D eigenvalue weighted by Gasteiger charge is 2.49. The number of aryl methyl sites for hydroxylation is 1. The molecule has 2 aromatic heterocycles. The molecule has 34 heavy (non-hydrogen) atoms. The van der Waals surface area contributed by atoms with Crippen molar-refractivity contribution in [3.05, 3.63) is 36.8 Å². The van der Waals surface area contributed by atoms with Crippen LogP contribution in [0.4, 0.5) is 14.6 Å². The van der Waals surface area contributed by atoms with Gasteiger partial charge in [0.15, 0.2) is 11.6 Å². The van der Waals surface area contributed by atoms with Gasteiger partial charge in [-0.2, -0.15) is 5.10 Å². The molecule has 1 N–H and O–H groups in total. The van der Waals surface area contributed by atoms with Gasteiger partial charge >= 0.3 is 0 Å². The number of phenols is 1. The van der Waals surface area contributed by atoms with Gasteiger partial charge < -0.3 is 10.0 Å². The van der Waals surface area contributed by atoms with Gasteiger partial charge in [0.2, 0.25) is 0 Å². The number of nitrogens with zero attached hydrogens (tertiary/aromatic N) is 6. The number of hydrogen-bond donors (Lipinski definition) is 1. The van der Waals surface area contributed by atoms with Gasteiger partial charge in [-0.25, -0.2) is 13.8 Å². The number of hydrogen-bond acceptors (Lipinski definition) is 6. The molecule has 2 aliphatic carbocycles. The van der Waals surface area contributed by atoms with Gasteiger partial charge in [-0.3, -0.25) is 4.68 Å². The van der Waals surface area contributed by atoms with Crippen LogP contribution in [0.15, 0.2) is 36.8 Å². The quantitative estimate of drug-likeness (QED) is 0.500. The second kappa shape index (κ2) is 8.92. The summed E-state index contributed by atoms with van der Waals surface area (Å²) < 4.78 is 32.1. The zero-order valence-corrected chi connectivity index (χ0v) is 19.5. The zero-order valence-electron chi connectivity index (χ0n) is 19.5. The Morgan fingerprint density at radius 1 is 1.15 bits per heavy atom. The summed E-state index contributed by atoms with van der Waals surface area (Å²) in [6, 6.07) is 4.40. The predicted molar refractivity (Wildman–Crippen MR) is 126 cm³/mol. The molecule has 5 rings (SSSR count). The third-order valence-electron chi connectivity index (χ3n) is 7.11. The molecule has 2 aliphatic rings. The smallest absolute Gasteiger partial charge is 0.268 e. The Hall–Kier alpha value is -3.10. The van der Waals surface area contributed by atoms with Crippen LogP contribution in [-0.2, 0) is 7.05 Å². The SMILES string of the molecule is CC[C@@H]1CCCC(F)(F)[C@H](N(c2cnc(-c3ccc(-c4cnn(C)c4)cc3O)nn2)C2CC2)C1. The summed E-state index contributed by atoms with van der Waals surface area (Å²) in [7, 11) is 1.83. The first-order chi connectivity index (χ1) is 16.4. The molecule has 0 spiro atoms. The number of alkyl halides is 2. The Bertz CT molecular complexity index is 1140. The highest BCUT2D eigenvalue weighted by Crippen LogP contribution is 2.44. The molecule has 2 atom stereocenters. The molecule has 9 heteroatoms. The maximum absolute atomic E-state index is 15.2. The van der Waals surface area contributed by atoms with Crippen molar-refractivity contribution in [1.82, 2.24) is 25.0 Å². The van der Waals surface area contributed by atoms with E-state index in [9.17, 15) is 5.11 Å². The molecule has 0 aliphatic heterocycles. The van der Waals surface area contributed by atoms with E-state index in [0.717, 1.165) is 36.8 Å². The third-order valence-corrected chi connectivity index (χ3v) is 7.11. The lowest BCUT2D eigenvalue weighted by Gasteiger charge is -2.37. The Kier molecular flexibility index (Phi) is 5.95. The summed E-state index contributed by atoms with van der Waals surface area (Å²) in [5.74, 6) is -1.81. The molecule has 0 amide bonds. The van der Waals surface area contributed by atoms with Crippen LogP contribution < -0.4 is 4.90 Å². The highest BCUT2D eigenvalue weighted by molar-refractivity contribution is 5.72. The predicted octanol–water partition coefficient (Wildman–Crippen LogP) is 5.22. The minimum Gasteiger partial charge on any atom is -0.507 e. The minimum absolute atomic E-state index is 0.0241. The Morgan fingerprint density at radius 2 is 1.97 bits per heavy atom. The fraction of sp³-hybridized carbons (Fsp3) is 0.520. The molecule has 2 fully saturated rings. The number of rotatable bonds is 6. The van der Waals surface area contributed by atoms with Crippen LogP contribution in [-0.4, -0.2) is 48.1 Å². The number of aromatic hydroxyl groups is 1. The van der Waals surface area contributed by atoms with Crippen LogP contribution in [0.3, 0.4) is 0 Å². The molecule has 7 nitrogen and oxygen atoms in total. The van der Waals surface area contributed by atoms with E-state index in [1.807, 2.05) is 19.3 Å². The summed E-state index contributed by atoms with van der Waals surface area (Å²) >= 11 is 0. The normalized spacial score (nSPS) is 22.4. The molecule has 3 aromatic rings. The van der Waals surface area contributed by atoms with Gasteiger partial charge in [-0.15, -0.1) is 10.2 Å². The van der Waals surface area contributed by atoms with E-state index in [0.29, 0.717) is 24.2 Å². The van der Waals surface area contributed by atoms with Gasteiger partial charge in [0.1, 0.15) is 5.75 Å². The Morgan fingerprint density at radius 3 is 2.59 bits per heavy atom. The summed E-state index contributed by atoms with van der Waals surface area (Å²) in [6.45, 7) is 2.08. The lowest BCUT2D eigenvalue weighted by Crippen LogP contribution is -2.50. The molecule has 2 heterocycles. The molecule has 0 bridgehead atoms. The van der Waals surface area contributed by atoms with Crippen molar-refractivity contribution in [3.63, 3.8) is 0 Å². The van der Waals surface area contributed by atoms with Crippen molar-refractivity contribution in [1.29, 1.82) is 0 Å². The fourth-order valence-electron chi connectivity index (χ4n) is 5.02. The number of halogens is 2. The number of benzene rings is 1. The van der Waals surface area contributed by atoms with Crippen LogP contribution in [0.5, 0.6) is 5.75 Å². The van der Waals surface area contributed by atoms with Gasteiger partial charge in [0, 0.05) is 31.3 Å². The lowest BCUT2D eigenvalue weighted by molar-refractivity contribution is -0.0355. The first kappa shape index (κ1) is 22.7. The van der Waals surface area contributed by atoms with Crippen LogP contribution in [0.25, 0.3) is 22.5 Å². The molecule has 0 saturated heterocycles. The first-order valence-electron chi connectivity index (χ1n) is 12.0. The average molecular weight is 469 g/mol. The van der Waals surface area contributed by atoms with Crippen LogP contribution in [0, 0.1) is 5.92 Å². The van der Waals surface area contributed by atoms with Gasteiger partial charge in [-0.05, 0) is 49.3 Å². The summed E-state index contributed by atoms with van der Waals surface area (Å²) in [4.78, 5) is 6.20. The van der Waals surface area contributed by atoms with Crippen molar-refractivity contribution < 1.29 is 13.9 Å². The van der Waals surface area contributed by atoms with E-state index in [4.69, 9.17) is 0 Å². The fourth-order valence-corrected chi connectivity index (χ4v) is 5.02. The topological polar surface area (TPSA) is 80.0 Å². The maximum atomic E-state index is 15.2.